The fourth-order valence-electron chi connectivity index (χ4n) is 4.23. The number of amides is 1. The van der Waals surface area contributed by atoms with Gasteiger partial charge in [0.1, 0.15) is 5.69 Å². The molecule has 0 saturated heterocycles. The maximum atomic E-state index is 12.1. The lowest BCUT2D eigenvalue weighted by molar-refractivity contribution is -0.116. The SMILES string of the molecule is CCCCCCCCCCCCCCCCCCCC(=O)Nc1ccc([N+](C)(C)C)cc1. The van der Waals surface area contributed by atoms with E-state index in [2.05, 4.69) is 45.5 Å². The monoisotopic (exact) mass is 445 g/mol. The first-order chi connectivity index (χ1) is 15.4. The van der Waals surface area contributed by atoms with E-state index in [9.17, 15) is 4.79 Å². The van der Waals surface area contributed by atoms with Crippen molar-refractivity contribution in [2.75, 3.05) is 26.5 Å². The molecule has 3 heteroatoms. The molecule has 0 fully saturated rings. The summed E-state index contributed by atoms with van der Waals surface area (Å²) in [4.78, 5) is 12.1. The summed E-state index contributed by atoms with van der Waals surface area (Å²) >= 11 is 0. The minimum Gasteiger partial charge on any atom is -0.326 e. The molecule has 184 valence electrons. The number of nitrogens with one attached hydrogen (secondary N) is 1. The van der Waals surface area contributed by atoms with Crippen LogP contribution in [-0.4, -0.2) is 27.1 Å². The molecule has 0 heterocycles. The molecule has 32 heavy (non-hydrogen) atoms. The molecule has 0 aromatic heterocycles. The van der Waals surface area contributed by atoms with Crippen LogP contribution in [-0.2, 0) is 4.79 Å². The number of rotatable bonds is 20. The number of carbonyl (C=O) groups excluding carboxylic acids is 1. The summed E-state index contributed by atoms with van der Waals surface area (Å²) in [6, 6.07) is 8.19. The number of anilines is 1. The van der Waals surface area contributed by atoms with Gasteiger partial charge in [-0.25, -0.2) is 0 Å². The first kappa shape index (κ1) is 28.7. The number of unbranched alkanes of at least 4 members (excludes halogenated alkanes) is 16. The lowest BCUT2D eigenvalue weighted by atomic mass is 10.0. The summed E-state index contributed by atoms with van der Waals surface area (Å²) in [5.41, 5.74) is 2.13. The Bertz CT molecular complexity index is 574. The molecule has 1 amide bonds. The van der Waals surface area contributed by atoms with E-state index in [4.69, 9.17) is 0 Å². The van der Waals surface area contributed by atoms with Crippen molar-refractivity contribution >= 4 is 17.3 Å². The third-order valence-corrected chi connectivity index (χ3v) is 6.43. The van der Waals surface area contributed by atoms with E-state index in [0.717, 1.165) is 16.6 Å². The Morgan fingerprint density at radius 2 is 1.00 bits per heavy atom. The lowest BCUT2D eigenvalue weighted by Crippen LogP contribution is -2.34. The van der Waals surface area contributed by atoms with E-state index in [1.165, 1.54) is 108 Å². The van der Waals surface area contributed by atoms with Crippen LogP contribution in [0, 0.1) is 0 Å². The van der Waals surface area contributed by atoms with Crippen molar-refractivity contribution in [2.45, 2.75) is 122 Å². The fourth-order valence-corrected chi connectivity index (χ4v) is 4.23. The topological polar surface area (TPSA) is 29.1 Å². The lowest BCUT2D eigenvalue weighted by Gasteiger charge is -2.23. The molecule has 1 aromatic rings. The van der Waals surface area contributed by atoms with E-state index in [0.29, 0.717) is 6.42 Å². The van der Waals surface area contributed by atoms with Gasteiger partial charge in [0.25, 0.3) is 0 Å². The standard InChI is InChI=1S/C29H52N2O/c1-5-6-7-8-9-10-11-12-13-14-15-16-17-18-19-20-21-22-29(32)30-27-23-25-28(26-24-27)31(2,3)4/h23-26H,5-22H2,1-4H3/p+1. The highest BCUT2D eigenvalue weighted by atomic mass is 16.1. The Morgan fingerprint density at radius 3 is 1.38 bits per heavy atom. The van der Waals surface area contributed by atoms with Gasteiger partial charge in [0, 0.05) is 24.2 Å². The minimum atomic E-state index is 0.143. The van der Waals surface area contributed by atoms with Crippen molar-refractivity contribution in [3.05, 3.63) is 24.3 Å². The van der Waals surface area contributed by atoms with Crippen molar-refractivity contribution in [1.82, 2.24) is 4.48 Å². The quantitative estimate of drug-likeness (QED) is 0.157. The molecule has 3 nitrogen and oxygen atoms in total. The number of quaternary nitrogens is 1. The van der Waals surface area contributed by atoms with Crippen molar-refractivity contribution in [3.8, 4) is 0 Å². The molecule has 0 aliphatic rings. The molecule has 0 radical (unpaired) electrons. The van der Waals surface area contributed by atoms with Crippen LogP contribution in [0.2, 0.25) is 0 Å². The molecular weight excluding hydrogens is 392 g/mol. The van der Waals surface area contributed by atoms with Gasteiger partial charge in [-0.15, -0.1) is 0 Å². The van der Waals surface area contributed by atoms with Crippen molar-refractivity contribution in [3.63, 3.8) is 0 Å². The normalized spacial score (nSPS) is 11.6. The minimum absolute atomic E-state index is 0.143. The Balaban J connectivity index is 1.87. The zero-order valence-electron chi connectivity index (χ0n) is 21.9. The van der Waals surface area contributed by atoms with E-state index < -0.39 is 0 Å². The Kier molecular flexibility index (Phi) is 16.2. The van der Waals surface area contributed by atoms with Gasteiger partial charge in [0.05, 0.1) is 21.1 Å². The molecule has 1 N–H and O–H groups in total. The van der Waals surface area contributed by atoms with Gasteiger partial charge in [-0.2, -0.15) is 0 Å². The van der Waals surface area contributed by atoms with Gasteiger partial charge in [0.15, 0.2) is 0 Å². The molecule has 0 aliphatic carbocycles. The van der Waals surface area contributed by atoms with Crippen LogP contribution in [0.3, 0.4) is 0 Å². The summed E-state index contributed by atoms with van der Waals surface area (Å²) in [5.74, 6) is 0.143. The van der Waals surface area contributed by atoms with Crippen LogP contribution in [0.5, 0.6) is 0 Å². The van der Waals surface area contributed by atoms with Crippen molar-refractivity contribution in [2.24, 2.45) is 0 Å². The molecule has 0 bridgehead atoms. The van der Waals surface area contributed by atoms with E-state index in [1.54, 1.807) is 0 Å². The molecule has 0 aliphatic heterocycles. The van der Waals surface area contributed by atoms with Gasteiger partial charge in [-0.05, 0) is 18.6 Å². The summed E-state index contributed by atoms with van der Waals surface area (Å²) in [6.07, 6.45) is 23.9. The average Bonchev–Trinajstić information content (AvgIpc) is 2.75. The highest BCUT2D eigenvalue weighted by molar-refractivity contribution is 5.90. The summed E-state index contributed by atoms with van der Waals surface area (Å²) in [6.45, 7) is 2.29. The molecule has 0 saturated carbocycles. The highest BCUT2D eigenvalue weighted by Crippen LogP contribution is 2.20. The van der Waals surface area contributed by atoms with Crippen molar-refractivity contribution < 1.29 is 4.79 Å². The summed E-state index contributed by atoms with van der Waals surface area (Å²) in [7, 11) is 6.43. The Labute approximate surface area is 200 Å². The molecule has 0 atom stereocenters. The van der Waals surface area contributed by atoms with Crippen LogP contribution < -0.4 is 9.80 Å². The van der Waals surface area contributed by atoms with E-state index in [-0.39, 0.29) is 5.91 Å². The van der Waals surface area contributed by atoms with Gasteiger partial charge >= 0.3 is 0 Å². The van der Waals surface area contributed by atoms with Crippen LogP contribution in [0.25, 0.3) is 0 Å². The molecule has 1 rings (SSSR count). The van der Waals surface area contributed by atoms with Gasteiger partial charge in [0.2, 0.25) is 5.91 Å². The molecule has 0 spiro atoms. The predicted octanol–water partition coefficient (Wildman–Crippen LogP) is 8.86. The van der Waals surface area contributed by atoms with Crippen LogP contribution in [0.1, 0.15) is 122 Å². The summed E-state index contributed by atoms with van der Waals surface area (Å²) < 4.78 is 0.785. The van der Waals surface area contributed by atoms with E-state index >= 15 is 0 Å². The number of hydrogen-bond acceptors (Lipinski definition) is 1. The largest absolute Gasteiger partial charge is 0.326 e. The number of benzene rings is 1. The maximum Gasteiger partial charge on any atom is 0.224 e. The predicted molar refractivity (Wildman–Crippen MR) is 143 cm³/mol. The number of hydrogen-bond donors (Lipinski definition) is 1. The van der Waals surface area contributed by atoms with Gasteiger partial charge in [-0.1, -0.05) is 110 Å². The number of nitrogens with zero attached hydrogens (tertiary/aromatic N) is 1. The second kappa shape index (κ2) is 18.1. The second-order valence-electron chi connectivity index (χ2n) is 10.5. The van der Waals surface area contributed by atoms with Crippen LogP contribution in [0.15, 0.2) is 24.3 Å². The van der Waals surface area contributed by atoms with Gasteiger partial charge < -0.3 is 5.32 Å². The summed E-state index contributed by atoms with van der Waals surface area (Å²) in [5, 5.41) is 3.03. The number of carbonyl (C=O) groups is 1. The smallest absolute Gasteiger partial charge is 0.224 e. The average molecular weight is 446 g/mol. The van der Waals surface area contributed by atoms with Crippen LogP contribution >= 0.6 is 0 Å². The molecule has 1 aromatic carbocycles. The zero-order valence-corrected chi connectivity index (χ0v) is 21.9. The first-order valence-corrected chi connectivity index (χ1v) is 13.7. The fraction of sp³-hybridized carbons (Fsp3) is 0.759. The van der Waals surface area contributed by atoms with E-state index in [1.807, 2.05) is 12.1 Å². The Hall–Kier alpha value is -1.35. The van der Waals surface area contributed by atoms with Crippen LogP contribution in [0.4, 0.5) is 11.4 Å². The third-order valence-electron chi connectivity index (χ3n) is 6.43. The third kappa shape index (κ3) is 15.5. The Morgan fingerprint density at radius 1 is 0.625 bits per heavy atom. The van der Waals surface area contributed by atoms with Crippen molar-refractivity contribution in [1.29, 1.82) is 0 Å². The maximum absolute atomic E-state index is 12.1. The highest BCUT2D eigenvalue weighted by Gasteiger charge is 2.11. The first-order valence-electron chi connectivity index (χ1n) is 13.7. The molecular formula is C29H53N2O+. The second-order valence-corrected chi connectivity index (χ2v) is 10.5. The zero-order chi connectivity index (χ0) is 23.5. The molecule has 0 unspecified atom stereocenters. The van der Waals surface area contributed by atoms with Gasteiger partial charge in [-0.3, -0.25) is 9.28 Å².